The molecule has 0 bridgehead atoms. The van der Waals surface area contributed by atoms with Crippen LogP contribution in [-0.2, 0) is 6.42 Å². The van der Waals surface area contributed by atoms with E-state index in [1.165, 1.54) is 11.1 Å². The molecule has 1 unspecified atom stereocenters. The summed E-state index contributed by atoms with van der Waals surface area (Å²) in [5.74, 6) is 0.303. The van der Waals surface area contributed by atoms with Crippen LogP contribution in [0, 0.1) is 13.8 Å². The van der Waals surface area contributed by atoms with Crippen molar-refractivity contribution in [2.75, 3.05) is 0 Å². The van der Waals surface area contributed by atoms with Crippen LogP contribution < -0.4 is 11.5 Å². The average Bonchev–Trinajstić information content (AvgIpc) is 2.87. The normalized spacial score (nSPS) is 18.2. The predicted molar refractivity (Wildman–Crippen MR) is 95.2 cm³/mol. The van der Waals surface area contributed by atoms with Crippen molar-refractivity contribution in [1.82, 2.24) is 10.2 Å². The van der Waals surface area contributed by atoms with Crippen LogP contribution in [0.5, 0.6) is 0 Å². The molecule has 0 fully saturated rings. The van der Waals surface area contributed by atoms with E-state index in [2.05, 4.69) is 51.6 Å². The maximum atomic E-state index is 5.41. The van der Waals surface area contributed by atoms with E-state index in [-0.39, 0.29) is 18.4 Å². The number of benzene rings is 1. The Hall–Kier alpha value is -2.34. The van der Waals surface area contributed by atoms with E-state index >= 15 is 0 Å². The van der Waals surface area contributed by atoms with E-state index in [0.29, 0.717) is 5.92 Å². The molecule has 0 radical (unpaired) electrons. The molecule has 1 aliphatic carbocycles. The summed E-state index contributed by atoms with van der Waals surface area (Å²) in [5, 5.41) is 15.6. The molecule has 122 valence electrons. The van der Waals surface area contributed by atoms with Crippen molar-refractivity contribution in [2.45, 2.75) is 32.6 Å². The first-order chi connectivity index (χ1) is 10.6. The number of aryl methyl sites for hydroxylation is 2. The molecule has 0 saturated heterocycles. The highest BCUT2D eigenvalue weighted by Crippen LogP contribution is 2.34. The van der Waals surface area contributed by atoms with Crippen molar-refractivity contribution in [2.24, 2.45) is 21.7 Å². The Morgan fingerprint density at radius 2 is 1.96 bits per heavy atom. The van der Waals surface area contributed by atoms with Gasteiger partial charge in [0.05, 0.1) is 11.4 Å². The van der Waals surface area contributed by atoms with Gasteiger partial charge in [-0.3, -0.25) is 5.10 Å². The maximum absolute atomic E-state index is 5.41. The molecular weight excluding hydrogens is 312 g/mol. The number of fused-ring (bicyclic) bond motifs is 1. The summed E-state index contributed by atoms with van der Waals surface area (Å²) >= 11 is 0. The number of nitrogens with two attached hydrogens (primary N) is 2. The fourth-order valence-corrected chi connectivity index (χ4v) is 3.12. The quantitative estimate of drug-likeness (QED) is 0.445. The summed E-state index contributed by atoms with van der Waals surface area (Å²) in [5.41, 5.74) is 17.4. The van der Waals surface area contributed by atoms with Gasteiger partial charge in [-0.05, 0) is 43.7 Å². The van der Waals surface area contributed by atoms with Crippen LogP contribution >= 0.6 is 12.4 Å². The van der Waals surface area contributed by atoms with Crippen molar-refractivity contribution in [3.05, 3.63) is 52.3 Å². The van der Waals surface area contributed by atoms with Crippen LogP contribution in [0.25, 0.3) is 0 Å². The van der Waals surface area contributed by atoms with Gasteiger partial charge in [0.1, 0.15) is 0 Å². The summed E-state index contributed by atoms with van der Waals surface area (Å²) in [6, 6.07) is 8.43. The molecule has 0 aliphatic heterocycles. The zero-order chi connectivity index (χ0) is 15.7. The first-order valence-electron chi connectivity index (χ1n) is 7.31. The molecule has 1 atom stereocenters. The fraction of sp³-hybridized carbons (Fsp3) is 0.312. The number of guanidine groups is 1. The minimum absolute atomic E-state index is 0. The van der Waals surface area contributed by atoms with Crippen molar-refractivity contribution in [3.8, 4) is 0 Å². The van der Waals surface area contributed by atoms with Crippen molar-refractivity contribution in [3.63, 3.8) is 0 Å². The molecule has 1 aliphatic rings. The minimum Gasteiger partial charge on any atom is -0.369 e. The van der Waals surface area contributed by atoms with Crippen LogP contribution in [0.15, 0.2) is 34.5 Å². The number of halogens is 1. The summed E-state index contributed by atoms with van der Waals surface area (Å²) in [6.07, 6.45) is 1.69. The monoisotopic (exact) mass is 332 g/mol. The molecule has 1 aromatic heterocycles. The van der Waals surface area contributed by atoms with E-state index in [1.807, 2.05) is 6.92 Å². The summed E-state index contributed by atoms with van der Waals surface area (Å²) in [7, 11) is 0. The van der Waals surface area contributed by atoms with Crippen molar-refractivity contribution >= 4 is 24.1 Å². The molecule has 5 N–H and O–H groups in total. The molecule has 6 nitrogen and oxygen atoms in total. The highest BCUT2D eigenvalue weighted by Gasteiger charge is 2.29. The lowest BCUT2D eigenvalue weighted by Crippen LogP contribution is -2.23. The molecule has 1 aromatic carbocycles. The first kappa shape index (κ1) is 17.0. The molecule has 7 heteroatoms. The molecule has 3 rings (SSSR count). The fourth-order valence-electron chi connectivity index (χ4n) is 3.12. The highest BCUT2D eigenvalue weighted by atomic mass is 35.5. The van der Waals surface area contributed by atoms with Crippen molar-refractivity contribution < 1.29 is 0 Å². The van der Waals surface area contributed by atoms with E-state index in [4.69, 9.17) is 11.5 Å². The van der Waals surface area contributed by atoms with Gasteiger partial charge in [-0.1, -0.05) is 24.3 Å². The minimum atomic E-state index is -0.0341. The van der Waals surface area contributed by atoms with E-state index in [1.54, 1.807) is 0 Å². The Balaban J connectivity index is 0.00000192. The molecule has 0 spiro atoms. The number of aromatic amines is 1. The number of hydrogen-bond acceptors (Lipinski definition) is 3. The van der Waals surface area contributed by atoms with E-state index in [0.717, 1.165) is 35.5 Å². The summed E-state index contributed by atoms with van der Waals surface area (Å²) < 4.78 is 0. The third-order valence-corrected chi connectivity index (χ3v) is 4.10. The SMILES string of the molecule is Cc1ccccc1C1C/C(=N/N=C(N)N)c2c(n[nH]c2C)C1.Cl. The predicted octanol–water partition coefficient (Wildman–Crippen LogP) is 2.16. The van der Waals surface area contributed by atoms with Crippen LogP contribution in [0.2, 0.25) is 0 Å². The largest absolute Gasteiger partial charge is 0.369 e. The van der Waals surface area contributed by atoms with E-state index < -0.39 is 0 Å². The number of aromatic nitrogens is 2. The third-order valence-electron chi connectivity index (χ3n) is 4.10. The van der Waals surface area contributed by atoms with Crippen LogP contribution in [0.3, 0.4) is 0 Å². The Kier molecular flexibility index (Phi) is 5.05. The van der Waals surface area contributed by atoms with Gasteiger partial charge in [0.2, 0.25) is 5.96 Å². The number of nitrogens with one attached hydrogen (secondary N) is 1. The van der Waals surface area contributed by atoms with Gasteiger partial charge in [0, 0.05) is 11.3 Å². The maximum Gasteiger partial charge on any atom is 0.211 e. The van der Waals surface area contributed by atoms with Gasteiger partial charge >= 0.3 is 0 Å². The lowest BCUT2D eigenvalue weighted by atomic mass is 9.80. The number of nitrogens with zero attached hydrogens (tertiary/aromatic N) is 3. The van der Waals surface area contributed by atoms with Gasteiger partial charge in [-0.25, -0.2) is 0 Å². The first-order valence-corrected chi connectivity index (χ1v) is 7.31. The number of hydrogen-bond donors (Lipinski definition) is 3. The Bertz CT molecular complexity index is 758. The molecule has 23 heavy (non-hydrogen) atoms. The zero-order valence-corrected chi connectivity index (χ0v) is 14.0. The topological polar surface area (TPSA) is 105 Å². The molecule has 0 saturated carbocycles. The Morgan fingerprint density at radius 3 is 2.65 bits per heavy atom. The second-order valence-electron chi connectivity index (χ2n) is 5.70. The molecular formula is C16H21ClN6. The van der Waals surface area contributed by atoms with Gasteiger partial charge in [-0.2, -0.15) is 10.2 Å². The lowest BCUT2D eigenvalue weighted by Gasteiger charge is -2.24. The van der Waals surface area contributed by atoms with E-state index in [9.17, 15) is 0 Å². The van der Waals surface area contributed by atoms with Gasteiger partial charge in [0.15, 0.2) is 0 Å². The van der Waals surface area contributed by atoms with Gasteiger partial charge < -0.3 is 11.5 Å². The zero-order valence-electron chi connectivity index (χ0n) is 13.2. The second kappa shape index (κ2) is 6.83. The van der Waals surface area contributed by atoms with Crippen LogP contribution in [0.4, 0.5) is 0 Å². The standard InChI is InChI=1S/C16H20N6.ClH/c1-9-5-3-4-6-12(9)11-7-13-15(10(2)19-20-13)14(8-11)21-22-16(17)18;/h3-6,11H,7-8H2,1-2H3,(H,19,20)(H4,17,18,22);1H/b21-14-;. The average molecular weight is 333 g/mol. The number of H-pyrrole nitrogens is 1. The smallest absolute Gasteiger partial charge is 0.211 e. The van der Waals surface area contributed by atoms with Crippen LogP contribution in [0.1, 0.15) is 40.4 Å². The highest BCUT2D eigenvalue weighted by molar-refractivity contribution is 6.04. The Morgan fingerprint density at radius 1 is 1.22 bits per heavy atom. The Labute approximate surface area is 141 Å². The lowest BCUT2D eigenvalue weighted by molar-refractivity contribution is 0.675. The van der Waals surface area contributed by atoms with Crippen LogP contribution in [-0.4, -0.2) is 21.9 Å². The molecule has 2 aromatic rings. The second-order valence-corrected chi connectivity index (χ2v) is 5.70. The third kappa shape index (κ3) is 3.37. The molecule has 1 heterocycles. The van der Waals surface area contributed by atoms with Gasteiger partial charge in [-0.15, -0.1) is 17.5 Å². The van der Waals surface area contributed by atoms with Crippen molar-refractivity contribution in [1.29, 1.82) is 0 Å². The van der Waals surface area contributed by atoms with Gasteiger partial charge in [0.25, 0.3) is 0 Å². The molecule has 0 amide bonds. The summed E-state index contributed by atoms with van der Waals surface area (Å²) in [4.78, 5) is 0. The summed E-state index contributed by atoms with van der Waals surface area (Å²) in [6.45, 7) is 4.12. The number of rotatable bonds is 2.